The molecule has 0 heterocycles. The van der Waals surface area contributed by atoms with Gasteiger partial charge in [0, 0.05) is 18.0 Å². The van der Waals surface area contributed by atoms with Crippen molar-refractivity contribution in [2.45, 2.75) is 50.5 Å². The Morgan fingerprint density at radius 3 is 2.65 bits per heavy atom. The van der Waals surface area contributed by atoms with Gasteiger partial charge in [-0.05, 0) is 37.8 Å². The van der Waals surface area contributed by atoms with Crippen LogP contribution in [-0.4, -0.2) is 20.2 Å². The minimum absolute atomic E-state index is 0.0471. The van der Waals surface area contributed by atoms with Crippen LogP contribution in [0.1, 0.15) is 49.9 Å². The molecule has 5 heteroatoms. The average molecular weight is 295 g/mol. The van der Waals surface area contributed by atoms with E-state index in [1.807, 2.05) is 6.92 Å². The fourth-order valence-corrected chi connectivity index (χ4v) is 3.75. The number of carbonyl (C=O) groups excluding carboxylic acids is 1. The molecule has 0 aromatic heterocycles. The van der Waals surface area contributed by atoms with E-state index in [2.05, 4.69) is 4.72 Å². The third-order valence-corrected chi connectivity index (χ3v) is 5.54. The highest BCUT2D eigenvalue weighted by Crippen LogP contribution is 2.30. The van der Waals surface area contributed by atoms with Crippen molar-refractivity contribution in [3.05, 3.63) is 29.8 Å². The molecule has 1 saturated carbocycles. The van der Waals surface area contributed by atoms with E-state index in [4.69, 9.17) is 0 Å². The first-order chi connectivity index (χ1) is 9.44. The predicted octanol–water partition coefficient (Wildman–Crippen LogP) is 2.75. The van der Waals surface area contributed by atoms with Gasteiger partial charge in [0.1, 0.15) is 0 Å². The highest BCUT2D eigenvalue weighted by atomic mass is 32.2. The van der Waals surface area contributed by atoms with Gasteiger partial charge in [0.05, 0.1) is 4.90 Å². The van der Waals surface area contributed by atoms with Gasteiger partial charge in [-0.15, -0.1) is 0 Å². The lowest BCUT2D eigenvalue weighted by atomic mass is 9.81. The number of sulfonamides is 1. The zero-order valence-electron chi connectivity index (χ0n) is 11.9. The number of Topliss-reactive ketones (excluding diaryl/α,β-unsaturated/α-hetero) is 1. The Hall–Kier alpha value is -1.20. The Labute approximate surface area is 120 Å². The number of hydrogen-bond acceptors (Lipinski definition) is 3. The number of carbonyl (C=O) groups is 1. The van der Waals surface area contributed by atoms with Crippen molar-refractivity contribution in [1.29, 1.82) is 0 Å². The van der Waals surface area contributed by atoms with Gasteiger partial charge in [-0.3, -0.25) is 4.79 Å². The maximum Gasteiger partial charge on any atom is 0.240 e. The SMILES string of the molecule is CCC(=O)c1cccc(S(=O)(=O)NC(C)C2CCC2)c1. The standard InChI is InChI=1S/C15H21NO3S/c1-3-15(17)13-8-5-9-14(10-13)20(18,19)16-11(2)12-6-4-7-12/h5,8-12,16H,3-4,6-7H2,1-2H3. The fraction of sp³-hybridized carbons (Fsp3) is 0.533. The van der Waals surface area contributed by atoms with E-state index in [0.29, 0.717) is 17.9 Å². The van der Waals surface area contributed by atoms with Crippen LogP contribution < -0.4 is 4.72 Å². The van der Waals surface area contributed by atoms with Crippen molar-refractivity contribution < 1.29 is 13.2 Å². The van der Waals surface area contributed by atoms with E-state index >= 15 is 0 Å². The molecule has 1 N–H and O–H groups in total. The van der Waals surface area contributed by atoms with Gasteiger partial charge in [-0.1, -0.05) is 25.5 Å². The van der Waals surface area contributed by atoms with Gasteiger partial charge in [-0.25, -0.2) is 13.1 Å². The quantitative estimate of drug-likeness (QED) is 0.821. The number of ketones is 1. The molecule has 0 radical (unpaired) electrons. The van der Waals surface area contributed by atoms with Crippen LogP contribution in [0.15, 0.2) is 29.2 Å². The Morgan fingerprint density at radius 1 is 1.40 bits per heavy atom. The monoisotopic (exact) mass is 295 g/mol. The normalized spacial score (nSPS) is 17.5. The van der Waals surface area contributed by atoms with E-state index in [1.54, 1.807) is 19.1 Å². The number of benzene rings is 1. The van der Waals surface area contributed by atoms with Crippen molar-refractivity contribution in [2.75, 3.05) is 0 Å². The molecule has 1 atom stereocenters. The van der Waals surface area contributed by atoms with Crippen molar-refractivity contribution in [3.8, 4) is 0 Å². The van der Waals surface area contributed by atoms with E-state index < -0.39 is 10.0 Å². The smallest absolute Gasteiger partial charge is 0.240 e. The number of rotatable bonds is 6. The fourth-order valence-electron chi connectivity index (χ4n) is 2.39. The molecule has 1 fully saturated rings. The van der Waals surface area contributed by atoms with E-state index in [-0.39, 0.29) is 16.7 Å². The van der Waals surface area contributed by atoms with E-state index in [0.717, 1.165) is 12.8 Å². The Balaban J connectivity index is 2.18. The minimum Gasteiger partial charge on any atom is -0.294 e. The van der Waals surface area contributed by atoms with Gasteiger partial charge in [0.2, 0.25) is 10.0 Å². The Morgan fingerprint density at radius 2 is 2.10 bits per heavy atom. The molecule has 1 aliphatic rings. The summed E-state index contributed by atoms with van der Waals surface area (Å²) < 4.78 is 27.4. The minimum atomic E-state index is -3.55. The first-order valence-corrected chi connectivity index (χ1v) is 8.58. The summed E-state index contributed by atoms with van der Waals surface area (Å²) in [6, 6.07) is 6.20. The molecular weight excluding hydrogens is 274 g/mol. The maximum absolute atomic E-state index is 12.3. The molecule has 0 aliphatic heterocycles. The molecule has 20 heavy (non-hydrogen) atoms. The lowest BCUT2D eigenvalue weighted by Crippen LogP contribution is -2.40. The van der Waals surface area contributed by atoms with Gasteiger partial charge in [-0.2, -0.15) is 0 Å². The van der Waals surface area contributed by atoms with Crippen LogP contribution in [0.4, 0.5) is 0 Å². The van der Waals surface area contributed by atoms with Crippen LogP contribution in [0.25, 0.3) is 0 Å². The van der Waals surface area contributed by atoms with Gasteiger partial charge >= 0.3 is 0 Å². The molecular formula is C15H21NO3S. The van der Waals surface area contributed by atoms with Crippen LogP contribution >= 0.6 is 0 Å². The van der Waals surface area contributed by atoms with Crippen LogP contribution in [0.5, 0.6) is 0 Å². The first-order valence-electron chi connectivity index (χ1n) is 7.09. The molecule has 1 aliphatic carbocycles. The molecule has 110 valence electrons. The van der Waals surface area contributed by atoms with Gasteiger partial charge in [0.15, 0.2) is 5.78 Å². The summed E-state index contributed by atoms with van der Waals surface area (Å²) in [7, 11) is -3.55. The summed E-state index contributed by atoms with van der Waals surface area (Å²) in [6.45, 7) is 3.67. The second kappa shape index (κ2) is 6.06. The summed E-state index contributed by atoms with van der Waals surface area (Å²) in [5.74, 6) is 0.388. The molecule has 4 nitrogen and oxygen atoms in total. The van der Waals surface area contributed by atoms with Crippen molar-refractivity contribution >= 4 is 15.8 Å². The lowest BCUT2D eigenvalue weighted by Gasteiger charge is -2.31. The Kier molecular flexibility index (Phi) is 4.60. The summed E-state index contributed by atoms with van der Waals surface area (Å²) in [4.78, 5) is 11.8. The topological polar surface area (TPSA) is 63.2 Å². The molecule has 0 spiro atoms. The van der Waals surface area contributed by atoms with E-state index in [1.165, 1.54) is 18.6 Å². The van der Waals surface area contributed by atoms with Gasteiger partial charge < -0.3 is 0 Å². The molecule has 0 bridgehead atoms. The van der Waals surface area contributed by atoms with Crippen molar-refractivity contribution in [1.82, 2.24) is 4.72 Å². The highest BCUT2D eigenvalue weighted by Gasteiger charge is 2.28. The van der Waals surface area contributed by atoms with Crippen LogP contribution in [0.3, 0.4) is 0 Å². The lowest BCUT2D eigenvalue weighted by molar-refractivity contribution is 0.0988. The molecule has 2 rings (SSSR count). The zero-order chi connectivity index (χ0) is 14.8. The third kappa shape index (κ3) is 3.27. The summed E-state index contributed by atoms with van der Waals surface area (Å²) in [5, 5.41) is 0. The second-order valence-corrected chi connectivity index (χ2v) is 7.12. The van der Waals surface area contributed by atoms with Crippen LogP contribution in [0, 0.1) is 5.92 Å². The maximum atomic E-state index is 12.3. The van der Waals surface area contributed by atoms with Crippen LogP contribution in [-0.2, 0) is 10.0 Å². The van der Waals surface area contributed by atoms with Crippen molar-refractivity contribution in [2.24, 2.45) is 5.92 Å². The zero-order valence-corrected chi connectivity index (χ0v) is 12.7. The van der Waals surface area contributed by atoms with Crippen LogP contribution in [0.2, 0.25) is 0 Å². The molecule has 1 aromatic rings. The molecule has 1 aromatic carbocycles. The summed E-state index contributed by atoms with van der Waals surface area (Å²) in [5.41, 5.74) is 0.451. The summed E-state index contributed by atoms with van der Waals surface area (Å²) >= 11 is 0. The largest absolute Gasteiger partial charge is 0.294 e. The number of hydrogen-bond donors (Lipinski definition) is 1. The van der Waals surface area contributed by atoms with Crippen molar-refractivity contribution in [3.63, 3.8) is 0 Å². The molecule has 0 saturated heterocycles. The molecule has 1 unspecified atom stereocenters. The second-order valence-electron chi connectivity index (χ2n) is 5.41. The summed E-state index contributed by atoms with van der Waals surface area (Å²) in [6.07, 6.45) is 3.71. The Bertz CT molecular complexity index is 591. The van der Waals surface area contributed by atoms with Gasteiger partial charge in [0.25, 0.3) is 0 Å². The third-order valence-electron chi connectivity index (χ3n) is 3.99. The van der Waals surface area contributed by atoms with E-state index in [9.17, 15) is 13.2 Å². The molecule has 0 amide bonds. The predicted molar refractivity (Wildman–Crippen MR) is 78.2 cm³/mol. The average Bonchev–Trinajstić information content (AvgIpc) is 2.35. The number of nitrogens with one attached hydrogen (secondary N) is 1. The first kappa shape index (κ1) is 15.2. The highest BCUT2D eigenvalue weighted by molar-refractivity contribution is 7.89.